The van der Waals surface area contributed by atoms with Crippen LogP contribution in [0.3, 0.4) is 0 Å². The summed E-state index contributed by atoms with van der Waals surface area (Å²) >= 11 is 0. The van der Waals surface area contributed by atoms with E-state index in [-0.39, 0.29) is 10.8 Å². The molecule has 0 spiro atoms. The number of likely N-dealkylation sites (tertiary alicyclic amines) is 1. The molecule has 9 heteroatoms. The highest BCUT2D eigenvalue weighted by Gasteiger charge is 2.27. The molecule has 2 aromatic rings. The highest BCUT2D eigenvalue weighted by atomic mass is 32.2. The monoisotopic (exact) mass is 363 g/mol. The Kier molecular flexibility index (Phi) is 5.14. The normalized spacial score (nSPS) is 16.6. The third-order valence-electron chi connectivity index (χ3n) is 4.12. The zero-order chi connectivity index (χ0) is 17.9. The van der Waals surface area contributed by atoms with Crippen LogP contribution in [0.25, 0.3) is 5.82 Å². The molecule has 1 unspecified atom stereocenters. The van der Waals surface area contributed by atoms with Crippen molar-refractivity contribution in [3.8, 4) is 5.82 Å². The predicted molar refractivity (Wildman–Crippen MR) is 91.6 cm³/mol. The lowest BCUT2D eigenvalue weighted by molar-refractivity contribution is -0.133. The lowest BCUT2D eigenvalue weighted by atomic mass is 10.1. The summed E-state index contributed by atoms with van der Waals surface area (Å²) in [7, 11) is -3.84. The van der Waals surface area contributed by atoms with Gasteiger partial charge in [-0.05, 0) is 38.3 Å². The van der Waals surface area contributed by atoms with Gasteiger partial charge in [-0.1, -0.05) is 6.07 Å². The molecule has 1 aliphatic heterocycles. The fourth-order valence-electron chi connectivity index (χ4n) is 2.80. The smallest absolute Gasteiger partial charge is 0.244 e. The van der Waals surface area contributed by atoms with E-state index in [1.165, 1.54) is 17.1 Å². The molecule has 3 rings (SSSR count). The van der Waals surface area contributed by atoms with Crippen LogP contribution in [0.2, 0.25) is 0 Å². The minimum absolute atomic E-state index is 0.00329. The molecule has 0 saturated carbocycles. The Morgan fingerprint density at radius 2 is 2.00 bits per heavy atom. The summed E-state index contributed by atoms with van der Waals surface area (Å²) in [4.78, 5) is 18.2. The summed E-state index contributed by atoms with van der Waals surface area (Å²) in [6.45, 7) is 2.93. The number of nitrogens with one attached hydrogen (secondary N) is 1. The van der Waals surface area contributed by atoms with Crippen molar-refractivity contribution in [3.05, 3.63) is 36.8 Å². The van der Waals surface area contributed by atoms with Gasteiger partial charge in [-0.25, -0.2) is 18.1 Å². The molecular formula is C16H21N5O3S. The SMILES string of the molecule is CC(NS(=O)(=O)c1cnn(-c2ccccn2)c1)C(=O)N1CCCCC1. The van der Waals surface area contributed by atoms with Crippen molar-refractivity contribution in [2.75, 3.05) is 13.1 Å². The molecule has 2 aromatic heterocycles. The minimum atomic E-state index is -3.84. The minimum Gasteiger partial charge on any atom is -0.341 e. The number of hydrogen-bond acceptors (Lipinski definition) is 5. The van der Waals surface area contributed by atoms with Gasteiger partial charge in [0.05, 0.1) is 18.4 Å². The number of carbonyl (C=O) groups is 1. The van der Waals surface area contributed by atoms with E-state index in [9.17, 15) is 13.2 Å². The van der Waals surface area contributed by atoms with Crippen LogP contribution in [0.4, 0.5) is 0 Å². The van der Waals surface area contributed by atoms with Crippen LogP contribution >= 0.6 is 0 Å². The molecule has 0 bridgehead atoms. The van der Waals surface area contributed by atoms with Crippen LogP contribution in [0.5, 0.6) is 0 Å². The molecule has 25 heavy (non-hydrogen) atoms. The van der Waals surface area contributed by atoms with Crippen molar-refractivity contribution in [2.24, 2.45) is 0 Å². The number of carbonyl (C=O) groups excluding carboxylic acids is 1. The molecular weight excluding hydrogens is 342 g/mol. The Morgan fingerprint density at radius 1 is 1.24 bits per heavy atom. The van der Waals surface area contributed by atoms with E-state index >= 15 is 0 Å². The maximum absolute atomic E-state index is 12.5. The number of aromatic nitrogens is 3. The van der Waals surface area contributed by atoms with Gasteiger partial charge in [-0.15, -0.1) is 0 Å². The Morgan fingerprint density at radius 3 is 2.68 bits per heavy atom. The quantitative estimate of drug-likeness (QED) is 0.853. The second-order valence-corrected chi connectivity index (χ2v) is 7.75. The number of nitrogens with zero attached hydrogens (tertiary/aromatic N) is 4. The lowest BCUT2D eigenvalue weighted by Gasteiger charge is -2.29. The molecule has 1 saturated heterocycles. The first-order valence-electron chi connectivity index (χ1n) is 8.24. The summed E-state index contributed by atoms with van der Waals surface area (Å²) in [5.74, 6) is 0.321. The summed E-state index contributed by atoms with van der Waals surface area (Å²) in [5.41, 5.74) is 0. The fraction of sp³-hybridized carbons (Fsp3) is 0.438. The van der Waals surface area contributed by atoms with Crippen LogP contribution in [-0.2, 0) is 14.8 Å². The second kappa shape index (κ2) is 7.32. The maximum Gasteiger partial charge on any atom is 0.244 e. The standard InChI is InChI=1S/C16H21N5O3S/c1-13(16(22)20-9-5-2-6-10-20)19-25(23,24)14-11-18-21(12-14)15-7-3-4-8-17-15/h3-4,7-8,11-13,19H,2,5-6,9-10H2,1H3. The summed E-state index contributed by atoms with van der Waals surface area (Å²) in [5, 5.41) is 4.03. The number of hydrogen-bond donors (Lipinski definition) is 1. The Hall–Kier alpha value is -2.26. The Labute approximate surface area is 146 Å². The average Bonchev–Trinajstić information content (AvgIpc) is 3.13. The van der Waals surface area contributed by atoms with Gasteiger partial charge < -0.3 is 4.90 Å². The molecule has 1 aliphatic rings. The van der Waals surface area contributed by atoms with Gasteiger partial charge in [0, 0.05) is 19.3 Å². The van der Waals surface area contributed by atoms with E-state index in [1.807, 2.05) is 0 Å². The first-order valence-corrected chi connectivity index (χ1v) is 9.73. The van der Waals surface area contributed by atoms with E-state index in [0.29, 0.717) is 18.9 Å². The van der Waals surface area contributed by atoms with Gasteiger partial charge >= 0.3 is 0 Å². The van der Waals surface area contributed by atoms with Crippen molar-refractivity contribution in [3.63, 3.8) is 0 Å². The first kappa shape index (κ1) is 17.6. The molecule has 3 heterocycles. The van der Waals surface area contributed by atoms with Gasteiger partial charge in [-0.2, -0.15) is 9.82 Å². The van der Waals surface area contributed by atoms with Crippen molar-refractivity contribution in [1.82, 2.24) is 24.4 Å². The summed E-state index contributed by atoms with van der Waals surface area (Å²) < 4.78 is 28.9. The molecule has 134 valence electrons. The number of amides is 1. The second-order valence-electron chi connectivity index (χ2n) is 6.04. The molecule has 0 aliphatic carbocycles. The first-order chi connectivity index (χ1) is 12.0. The zero-order valence-corrected chi connectivity index (χ0v) is 14.8. The fourth-order valence-corrected chi connectivity index (χ4v) is 3.93. The predicted octanol–water partition coefficient (Wildman–Crippen LogP) is 0.947. The molecule has 1 amide bonds. The topological polar surface area (TPSA) is 97.2 Å². The number of rotatable bonds is 5. The number of sulfonamides is 1. The molecule has 0 radical (unpaired) electrons. The van der Waals surface area contributed by atoms with E-state index in [4.69, 9.17) is 0 Å². The van der Waals surface area contributed by atoms with Gasteiger partial charge in [-0.3, -0.25) is 4.79 Å². The van der Waals surface area contributed by atoms with E-state index in [0.717, 1.165) is 19.3 Å². The van der Waals surface area contributed by atoms with Gasteiger partial charge in [0.25, 0.3) is 0 Å². The van der Waals surface area contributed by atoms with Crippen LogP contribution in [-0.4, -0.2) is 53.1 Å². The molecule has 1 fully saturated rings. The van der Waals surface area contributed by atoms with Crippen molar-refractivity contribution < 1.29 is 13.2 Å². The van der Waals surface area contributed by atoms with Crippen LogP contribution < -0.4 is 4.72 Å². The molecule has 0 aromatic carbocycles. The van der Waals surface area contributed by atoms with Crippen LogP contribution in [0, 0.1) is 0 Å². The van der Waals surface area contributed by atoms with Crippen molar-refractivity contribution in [2.45, 2.75) is 37.1 Å². The van der Waals surface area contributed by atoms with Crippen molar-refractivity contribution in [1.29, 1.82) is 0 Å². The third kappa shape index (κ3) is 4.05. The van der Waals surface area contributed by atoms with E-state index in [1.54, 1.807) is 36.2 Å². The van der Waals surface area contributed by atoms with Gasteiger partial charge in [0.1, 0.15) is 4.90 Å². The van der Waals surface area contributed by atoms with Crippen molar-refractivity contribution >= 4 is 15.9 Å². The maximum atomic E-state index is 12.5. The van der Waals surface area contributed by atoms with Gasteiger partial charge in [0.15, 0.2) is 5.82 Å². The summed E-state index contributed by atoms with van der Waals surface area (Å²) in [6.07, 6.45) is 7.25. The zero-order valence-electron chi connectivity index (χ0n) is 14.0. The number of pyridine rings is 1. The van der Waals surface area contributed by atoms with E-state index in [2.05, 4.69) is 14.8 Å². The lowest BCUT2D eigenvalue weighted by Crippen LogP contribution is -2.48. The highest BCUT2D eigenvalue weighted by molar-refractivity contribution is 7.89. The Balaban J connectivity index is 1.71. The summed E-state index contributed by atoms with van der Waals surface area (Å²) in [6, 6.07) is 4.45. The third-order valence-corrected chi connectivity index (χ3v) is 5.62. The highest BCUT2D eigenvalue weighted by Crippen LogP contribution is 2.13. The largest absolute Gasteiger partial charge is 0.341 e. The average molecular weight is 363 g/mol. The van der Waals surface area contributed by atoms with Crippen LogP contribution in [0.15, 0.2) is 41.7 Å². The Bertz CT molecular complexity index is 828. The van der Waals surface area contributed by atoms with Gasteiger partial charge in [0.2, 0.25) is 15.9 Å². The number of piperidine rings is 1. The van der Waals surface area contributed by atoms with Crippen LogP contribution in [0.1, 0.15) is 26.2 Å². The molecule has 1 N–H and O–H groups in total. The molecule has 8 nitrogen and oxygen atoms in total. The van der Waals surface area contributed by atoms with E-state index < -0.39 is 16.1 Å². The molecule has 1 atom stereocenters.